The monoisotopic (exact) mass is 193 g/mol. The van der Waals surface area contributed by atoms with Crippen LogP contribution >= 0.6 is 0 Å². The van der Waals surface area contributed by atoms with Gasteiger partial charge in [0, 0.05) is 6.04 Å². The predicted molar refractivity (Wildman–Crippen MR) is 59.7 cm³/mol. The highest BCUT2D eigenvalue weighted by Crippen LogP contribution is 2.19. The van der Waals surface area contributed by atoms with E-state index in [2.05, 4.69) is 19.1 Å². The summed E-state index contributed by atoms with van der Waals surface area (Å²) < 4.78 is 5.20. The maximum atomic E-state index is 5.71. The van der Waals surface area contributed by atoms with Gasteiger partial charge in [0.2, 0.25) is 0 Å². The van der Waals surface area contributed by atoms with Gasteiger partial charge in [-0.2, -0.15) is 0 Å². The quantitative estimate of drug-likeness (QED) is 0.796. The summed E-state index contributed by atoms with van der Waals surface area (Å²) in [7, 11) is 1.70. The van der Waals surface area contributed by atoms with Crippen LogP contribution in [0.25, 0.3) is 0 Å². The molecule has 0 radical (unpaired) electrons. The first kappa shape index (κ1) is 11.1. The average Bonchev–Trinajstić information content (AvgIpc) is 2.15. The van der Waals surface area contributed by atoms with E-state index in [9.17, 15) is 0 Å². The summed E-state index contributed by atoms with van der Waals surface area (Å²) >= 11 is 0. The third kappa shape index (κ3) is 3.04. The van der Waals surface area contributed by atoms with Crippen molar-refractivity contribution in [2.24, 2.45) is 5.73 Å². The highest BCUT2D eigenvalue weighted by molar-refractivity contribution is 5.36. The van der Waals surface area contributed by atoms with Crippen molar-refractivity contribution >= 4 is 0 Å². The minimum Gasteiger partial charge on any atom is -0.496 e. The van der Waals surface area contributed by atoms with E-state index in [0.717, 1.165) is 18.6 Å². The lowest BCUT2D eigenvalue weighted by atomic mass is 10.0. The Kier molecular flexibility index (Phi) is 3.96. The van der Waals surface area contributed by atoms with Gasteiger partial charge >= 0.3 is 0 Å². The van der Waals surface area contributed by atoms with E-state index in [1.54, 1.807) is 7.11 Å². The molecule has 1 rings (SSSR count). The highest BCUT2D eigenvalue weighted by atomic mass is 16.5. The normalized spacial score (nSPS) is 12.6. The molecule has 0 spiro atoms. The number of hydrogen-bond donors (Lipinski definition) is 1. The lowest BCUT2D eigenvalue weighted by Crippen LogP contribution is -2.15. The molecule has 0 aromatic heterocycles. The second-order valence-electron chi connectivity index (χ2n) is 3.82. The lowest BCUT2D eigenvalue weighted by Gasteiger charge is -2.08. The minimum absolute atomic E-state index is 0.275. The van der Waals surface area contributed by atoms with E-state index in [0.29, 0.717) is 0 Å². The van der Waals surface area contributed by atoms with Crippen molar-refractivity contribution in [2.75, 3.05) is 7.11 Å². The number of nitrogens with two attached hydrogens (primary N) is 1. The lowest BCUT2D eigenvalue weighted by molar-refractivity contribution is 0.411. The Morgan fingerprint density at radius 3 is 2.64 bits per heavy atom. The van der Waals surface area contributed by atoms with Crippen LogP contribution in [0.5, 0.6) is 5.75 Å². The third-order valence-electron chi connectivity index (χ3n) is 2.35. The maximum absolute atomic E-state index is 5.71. The summed E-state index contributed by atoms with van der Waals surface area (Å²) in [4.78, 5) is 0. The first-order valence-corrected chi connectivity index (χ1v) is 5.02. The van der Waals surface area contributed by atoms with E-state index in [4.69, 9.17) is 10.5 Å². The number of rotatable bonds is 4. The molecule has 0 aliphatic carbocycles. The van der Waals surface area contributed by atoms with Gasteiger partial charge in [-0.15, -0.1) is 0 Å². The van der Waals surface area contributed by atoms with Crippen LogP contribution in [0.3, 0.4) is 0 Å². The molecule has 0 unspecified atom stereocenters. The molecule has 14 heavy (non-hydrogen) atoms. The van der Waals surface area contributed by atoms with E-state index in [1.165, 1.54) is 11.1 Å². The van der Waals surface area contributed by atoms with Gasteiger partial charge in [-0.3, -0.25) is 0 Å². The van der Waals surface area contributed by atoms with Crippen LogP contribution in [-0.2, 0) is 6.42 Å². The number of benzene rings is 1. The second kappa shape index (κ2) is 5.01. The smallest absolute Gasteiger partial charge is 0.121 e. The van der Waals surface area contributed by atoms with Crippen molar-refractivity contribution in [3.63, 3.8) is 0 Å². The van der Waals surface area contributed by atoms with Gasteiger partial charge in [-0.05, 0) is 43.9 Å². The standard InChI is InChI=1S/C12H19NO/c1-9-8-11(5-4-10(2)13)6-7-12(9)14-3/h6-8,10H,4-5,13H2,1-3H3/t10-/m1/s1. The third-order valence-corrected chi connectivity index (χ3v) is 2.35. The van der Waals surface area contributed by atoms with Crippen molar-refractivity contribution < 1.29 is 4.74 Å². The first-order valence-electron chi connectivity index (χ1n) is 5.02. The Bertz CT molecular complexity index is 294. The summed E-state index contributed by atoms with van der Waals surface area (Å²) in [6.07, 6.45) is 2.08. The molecule has 0 fully saturated rings. The Labute approximate surface area is 86.1 Å². The Morgan fingerprint density at radius 1 is 1.43 bits per heavy atom. The molecule has 2 nitrogen and oxygen atoms in total. The molecule has 0 bridgehead atoms. The van der Waals surface area contributed by atoms with Crippen molar-refractivity contribution in [2.45, 2.75) is 32.7 Å². The van der Waals surface area contributed by atoms with Gasteiger partial charge in [0.1, 0.15) is 5.75 Å². The molecule has 2 N–H and O–H groups in total. The van der Waals surface area contributed by atoms with Crippen molar-refractivity contribution in [1.82, 2.24) is 0 Å². The number of aryl methyl sites for hydroxylation is 2. The molecule has 78 valence electrons. The van der Waals surface area contributed by atoms with Gasteiger partial charge in [0.25, 0.3) is 0 Å². The number of ether oxygens (including phenoxy) is 1. The van der Waals surface area contributed by atoms with Crippen molar-refractivity contribution in [3.8, 4) is 5.75 Å². The maximum Gasteiger partial charge on any atom is 0.121 e. The SMILES string of the molecule is COc1ccc(CC[C@@H](C)N)cc1C. The van der Waals surface area contributed by atoms with Gasteiger partial charge < -0.3 is 10.5 Å². The summed E-state index contributed by atoms with van der Waals surface area (Å²) in [5, 5.41) is 0. The fraction of sp³-hybridized carbons (Fsp3) is 0.500. The van der Waals surface area contributed by atoms with E-state index in [1.807, 2.05) is 13.0 Å². The predicted octanol–water partition coefficient (Wildman–Crippen LogP) is 2.28. The Balaban J connectivity index is 2.66. The molecular weight excluding hydrogens is 174 g/mol. The van der Waals surface area contributed by atoms with E-state index in [-0.39, 0.29) is 6.04 Å². The van der Waals surface area contributed by atoms with Crippen LogP contribution in [0.1, 0.15) is 24.5 Å². The fourth-order valence-corrected chi connectivity index (χ4v) is 1.49. The van der Waals surface area contributed by atoms with Crippen LogP contribution in [-0.4, -0.2) is 13.2 Å². The molecule has 1 aromatic rings. The zero-order valence-corrected chi connectivity index (χ0v) is 9.21. The minimum atomic E-state index is 0.275. The topological polar surface area (TPSA) is 35.2 Å². The molecule has 0 aliphatic rings. The zero-order valence-electron chi connectivity index (χ0n) is 9.21. The first-order chi connectivity index (χ1) is 6.63. The summed E-state index contributed by atoms with van der Waals surface area (Å²) in [6, 6.07) is 6.57. The van der Waals surface area contributed by atoms with Gasteiger partial charge in [-0.25, -0.2) is 0 Å². The second-order valence-corrected chi connectivity index (χ2v) is 3.82. The molecule has 1 atom stereocenters. The molecular formula is C12H19NO. The summed E-state index contributed by atoms with van der Waals surface area (Å²) in [5.41, 5.74) is 8.23. The largest absolute Gasteiger partial charge is 0.496 e. The fourth-order valence-electron chi connectivity index (χ4n) is 1.49. The van der Waals surface area contributed by atoms with Gasteiger partial charge in [0.05, 0.1) is 7.11 Å². The molecule has 1 aromatic carbocycles. The van der Waals surface area contributed by atoms with Crippen LogP contribution in [0.2, 0.25) is 0 Å². The van der Waals surface area contributed by atoms with Crippen LogP contribution in [0.15, 0.2) is 18.2 Å². The number of hydrogen-bond acceptors (Lipinski definition) is 2. The average molecular weight is 193 g/mol. The molecule has 0 saturated carbocycles. The molecule has 2 heteroatoms. The number of methoxy groups -OCH3 is 1. The molecule has 0 saturated heterocycles. The highest BCUT2D eigenvalue weighted by Gasteiger charge is 2.01. The van der Waals surface area contributed by atoms with Gasteiger partial charge in [-0.1, -0.05) is 12.1 Å². The van der Waals surface area contributed by atoms with Crippen LogP contribution in [0.4, 0.5) is 0 Å². The van der Waals surface area contributed by atoms with E-state index >= 15 is 0 Å². The van der Waals surface area contributed by atoms with Crippen LogP contribution in [0, 0.1) is 6.92 Å². The molecule has 0 aliphatic heterocycles. The summed E-state index contributed by atoms with van der Waals surface area (Å²) in [6.45, 7) is 4.10. The molecule has 0 heterocycles. The summed E-state index contributed by atoms with van der Waals surface area (Å²) in [5.74, 6) is 0.953. The molecule has 0 amide bonds. The zero-order chi connectivity index (χ0) is 10.6. The van der Waals surface area contributed by atoms with Crippen molar-refractivity contribution in [3.05, 3.63) is 29.3 Å². The van der Waals surface area contributed by atoms with Crippen molar-refractivity contribution in [1.29, 1.82) is 0 Å². The Hall–Kier alpha value is -1.02. The van der Waals surface area contributed by atoms with Gasteiger partial charge in [0.15, 0.2) is 0 Å². The van der Waals surface area contributed by atoms with Crippen LogP contribution < -0.4 is 10.5 Å². The van der Waals surface area contributed by atoms with E-state index < -0.39 is 0 Å². The Morgan fingerprint density at radius 2 is 2.14 bits per heavy atom.